The second-order valence-electron chi connectivity index (χ2n) is 4.10. The average molecular weight is 284 g/mol. The lowest BCUT2D eigenvalue weighted by Crippen LogP contribution is -2.12. The quantitative estimate of drug-likeness (QED) is 0.747. The Bertz CT molecular complexity index is 707. The van der Waals surface area contributed by atoms with Crippen LogP contribution in [0, 0.1) is 11.3 Å². The summed E-state index contributed by atoms with van der Waals surface area (Å²) >= 11 is 0. The highest BCUT2D eigenvalue weighted by atomic mass is 16.5. The van der Waals surface area contributed by atoms with Gasteiger partial charge in [0.2, 0.25) is 0 Å². The fourth-order valence-corrected chi connectivity index (χ4v) is 1.66. The van der Waals surface area contributed by atoms with Crippen LogP contribution in [0.25, 0.3) is 0 Å². The summed E-state index contributed by atoms with van der Waals surface area (Å²) in [6, 6.07) is 12.3. The van der Waals surface area contributed by atoms with Crippen LogP contribution in [0.1, 0.15) is 10.4 Å². The van der Waals surface area contributed by atoms with Crippen LogP contribution >= 0.6 is 0 Å². The van der Waals surface area contributed by atoms with Crippen LogP contribution in [0.2, 0.25) is 0 Å². The Hall–Kier alpha value is -3.20. The van der Waals surface area contributed by atoms with E-state index >= 15 is 0 Å². The molecule has 0 fully saturated rings. The summed E-state index contributed by atoms with van der Waals surface area (Å²) in [5, 5.41) is 29.8. The predicted octanol–water partition coefficient (Wildman–Crippen LogP) is 2.25. The molecule has 6 heteroatoms. The Balaban J connectivity index is 2.19. The average Bonchev–Trinajstić information content (AvgIpc) is 2.49. The van der Waals surface area contributed by atoms with E-state index in [9.17, 15) is 15.0 Å². The molecule has 0 aliphatic heterocycles. The van der Waals surface area contributed by atoms with E-state index in [4.69, 9.17) is 10.00 Å². The van der Waals surface area contributed by atoms with Gasteiger partial charge in [-0.15, -0.1) is 0 Å². The molecular formula is C15H12N2O4. The topological polar surface area (TPSA) is 103 Å². The standard InChI is InChI=1S/C15H12N2O4/c16-7-8-21-14-4-2-1-3-11(14)17-15(20)10-5-6-12(18)13(19)9-10/h1-6,9,18-19H,8H2,(H,17,20). The molecule has 2 rings (SSSR count). The number of carbonyl (C=O) groups excluding carboxylic acids is 1. The highest BCUT2D eigenvalue weighted by Gasteiger charge is 2.11. The molecule has 0 radical (unpaired) electrons. The fourth-order valence-electron chi connectivity index (χ4n) is 1.66. The Labute approximate surface area is 120 Å². The summed E-state index contributed by atoms with van der Waals surface area (Å²) in [4.78, 5) is 12.1. The number of aromatic hydroxyl groups is 2. The SMILES string of the molecule is N#CCOc1ccccc1NC(=O)c1ccc(O)c(O)c1. The number of carbonyl (C=O) groups is 1. The highest BCUT2D eigenvalue weighted by molar-refractivity contribution is 6.05. The zero-order valence-electron chi connectivity index (χ0n) is 10.9. The summed E-state index contributed by atoms with van der Waals surface area (Å²) in [6.07, 6.45) is 0. The van der Waals surface area contributed by atoms with E-state index in [0.29, 0.717) is 11.4 Å². The minimum absolute atomic E-state index is 0.132. The first-order valence-corrected chi connectivity index (χ1v) is 6.04. The number of hydrogen-bond donors (Lipinski definition) is 3. The third-order valence-corrected chi connectivity index (χ3v) is 2.67. The largest absolute Gasteiger partial charge is 0.504 e. The molecule has 0 aliphatic carbocycles. The number of nitrogens with one attached hydrogen (secondary N) is 1. The third kappa shape index (κ3) is 3.42. The fraction of sp³-hybridized carbons (Fsp3) is 0.0667. The van der Waals surface area contributed by atoms with E-state index in [1.807, 2.05) is 6.07 Å². The zero-order chi connectivity index (χ0) is 15.2. The first-order chi connectivity index (χ1) is 10.1. The van der Waals surface area contributed by atoms with Gasteiger partial charge in [-0.3, -0.25) is 4.79 Å². The second kappa shape index (κ2) is 6.30. The molecule has 6 nitrogen and oxygen atoms in total. The van der Waals surface area contributed by atoms with E-state index in [0.717, 1.165) is 6.07 Å². The van der Waals surface area contributed by atoms with Crippen molar-refractivity contribution < 1.29 is 19.7 Å². The number of benzene rings is 2. The molecule has 106 valence electrons. The van der Waals surface area contributed by atoms with Crippen LogP contribution in [0.3, 0.4) is 0 Å². The molecule has 2 aromatic rings. The Morgan fingerprint density at radius 1 is 1.19 bits per heavy atom. The van der Waals surface area contributed by atoms with Crippen molar-refractivity contribution >= 4 is 11.6 Å². The minimum Gasteiger partial charge on any atom is -0.504 e. The summed E-state index contributed by atoms with van der Waals surface area (Å²) in [6.45, 7) is -0.132. The molecule has 3 N–H and O–H groups in total. The molecule has 0 aliphatic rings. The van der Waals surface area contributed by atoms with Gasteiger partial charge in [0, 0.05) is 5.56 Å². The number of phenolic OH excluding ortho intramolecular Hbond substituents is 2. The van der Waals surface area contributed by atoms with Crippen LogP contribution in [0.5, 0.6) is 17.2 Å². The van der Waals surface area contributed by atoms with Crippen molar-refractivity contribution in [1.29, 1.82) is 5.26 Å². The molecule has 0 unspecified atom stereocenters. The summed E-state index contributed by atoms with van der Waals surface area (Å²) in [7, 11) is 0. The number of nitriles is 1. The molecular weight excluding hydrogens is 272 g/mol. The van der Waals surface area contributed by atoms with Gasteiger partial charge in [0.15, 0.2) is 18.1 Å². The molecule has 21 heavy (non-hydrogen) atoms. The van der Waals surface area contributed by atoms with E-state index < -0.39 is 5.91 Å². The van der Waals surface area contributed by atoms with E-state index in [2.05, 4.69) is 5.32 Å². The van der Waals surface area contributed by atoms with Crippen LogP contribution in [-0.4, -0.2) is 22.7 Å². The van der Waals surface area contributed by atoms with Gasteiger partial charge in [-0.25, -0.2) is 0 Å². The molecule has 0 heterocycles. The number of amides is 1. The number of phenols is 2. The van der Waals surface area contributed by atoms with Gasteiger partial charge in [0.25, 0.3) is 5.91 Å². The lowest BCUT2D eigenvalue weighted by molar-refractivity contribution is 0.102. The van der Waals surface area contributed by atoms with Crippen molar-refractivity contribution in [3.63, 3.8) is 0 Å². The second-order valence-corrected chi connectivity index (χ2v) is 4.10. The van der Waals surface area contributed by atoms with Crippen molar-refractivity contribution in [2.24, 2.45) is 0 Å². The predicted molar refractivity (Wildman–Crippen MR) is 75.3 cm³/mol. The number of ether oxygens (including phenoxy) is 1. The maximum atomic E-state index is 12.1. The van der Waals surface area contributed by atoms with E-state index in [1.165, 1.54) is 12.1 Å². The highest BCUT2D eigenvalue weighted by Crippen LogP contribution is 2.27. The Kier molecular flexibility index (Phi) is 4.26. The first kappa shape index (κ1) is 14.2. The van der Waals surface area contributed by atoms with Crippen molar-refractivity contribution in [1.82, 2.24) is 0 Å². The van der Waals surface area contributed by atoms with Crippen molar-refractivity contribution in [3.05, 3.63) is 48.0 Å². The van der Waals surface area contributed by atoms with E-state index in [1.54, 1.807) is 24.3 Å². The summed E-state index contributed by atoms with van der Waals surface area (Å²) < 4.78 is 5.20. The number of rotatable bonds is 4. The molecule has 0 atom stereocenters. The van der Waals surface area contributed by atoms with Gasteiger partial charge in [-0.1, -0.05) is 12.1 Å². The van der Waals surface area contributed by atoms with Crippen LogP contribution in [-0.2, 0) is 0 Å². The van der Waals surface area contributed by atoms with Crippen LogP contribution in [0.15, 0.2) is 42.5 Å². The summed E-state index contributed by atoms with van der Waals surface area (Å²) in [5.41, 5.74) is 0.589. The zero-order valence-corrected chi connectivity index (χ0v) is 10.9. The Morgan fingerprint density at radius 3 is 2.67 bits per heavy atom. The lowest BCUT2D eigenvalue weighted by atomic mass is 10.2. The summed E-state index contributed by atoms with van der Waals surface area (Å²) in [5.74, 6) is -0.783. The van der Waals surface area contributed by atoms with Gasteiger partial charge < -0.3 is 20.3 Å². The monoisotopic (exact) mass is 284 g/mol. The molecule has 1 amide bonds. The molecule has 0 spiro atoms. The number of anilines is 1. The molecule has 0 aromatic heterocycles. The maximum absolute atomic E-state index is 12.1. The molecule has 2 aromatic carbocycles. The number of nitrogens with zero attached hydrogens (tertiary/aromatic N) is 1. The number of hydrogen-bond acceptors (Lipinski definition) is 5. The lowest BCUT2D eigenvalue weighted by Gasteiger charge is -2.10. The molecule has 0 saturated carbocycles. The van der Waals surface area contributed by atoms with Crippen LogP contribution < -0.4 is 10.1 Å². The maximum Gasteiger partial charge on any atom is 0.255 e. The first-order valence-electron chi connectivity index (χ1n) is 6.04. The van der Waals surface area contributed by atoms with Gasteiger partial charge in [0.05, 0.1) is 5.69 Å². The third-order valence-electron chi connectivity index (χ3n) is 2.67. The Morgan fingerprint density at radius 2 is 1.95 bits per heavy atom. The van der Waals surface area contributed by atoms with Gasteiger partial charge in [-0.05, 0) is 30.3 Å². The van der Waals surface area contributed by atoms with Gasteiger partial charge >= 0.3 is 0 Å². The van der Waals surface area contributed by atoms with Crippen LogP contribution in [0.4, 0.5) is 5.69 Å². The van der Waals surface area contributed by atoms with Crippen molar-refractivity contribution in [2.45, 2.75) is 0 Å². The van der Waals surface area contributed by atoms with Gasteiger partial charge in [-0.2, -0.15) is 5.26 Å². The molecule has 0 saturated heterocycles. The van der Waals surface area contributed by atoms with E-state index in [-0.39, 0.29) is 23.7 Å². The normalized spacial score (nSPS) is 9.67. The minimum atomic E-state index is -0.474. The van der Waals surface area contributed by atoms with Gasteiger partial charge in [0.1, 0.15) is 11.8 Å². The van der Waals surface area contributed by atoms with Crippen molar-refractivity contribution in [3.8, 4) is 23.3 Å². The number of para-hydroxylation sites is 2. The molecule has 0 bridgehead atoms. The smallest absolute Gasteiger partial charge is 0.255 e. The van der Waals surface area contributed by atoms with Crippen molar-refractivity contribution in [2.75, 3.05) is 11.9 Å².